The molecule has 2 aromatic heterocycles. The van der Waals surface area contributed by atoms with Crippen LogP contribution in [0.25, 0.3) is 83.3 Å². The molecule has 2 aliphatic rings. The van der Waals surface area contributed by atoms with Crippen LogP contribution in [0.2, 0.25) is 0 Å². The average Bonchev–Trinajstić information content (AvgIpc) is 3.83. The number of aromatic nitrogens is 3. The van der Waals surface area contributed by atoms with Crippen molar-refractivity contribution in [2.45, 2.75) is 12.0 Å². The van der Waals surface area contributed by atoms with Gasteiger partial charge in [-0.3, -0.25) is 0 Å². The molecular formula is C49H31N3O2. The van der Waals surface area contributed by atoms with Gasteiger partial charge in [-0.05, 0) is 46.2 Å². The zero-order valence-electron chi connectivity index (χ0n) is 29.1. The summed E-state index contributed by atoms with van der Waals surface area (Å²) in [5.74, 6) is 2.65. The Morgan fingerprint density at radius 1 is 0.481 bits per heavy atom. The van der Waals surface area contributed by atoms with Crippen molar-refractivity contribution in [2.75, 3.05) is 0 Å². The summed E-state index contributed by atoms with van der Waals surface area (Å²) in [6.07, 6.45) is 6.11. The summed E-state index contributed by atoms with van der Waals surface area (Å²) in [4.78, 5) is 15.4. The Morgan fingerprint density at radius 3 is 1.96 bits per heavy atom. The van der Waals surface area contributed by atoms with E-state index in [-0.39, 0.29) is 12.0 Å². The SMILES string of the molecule is C1=CC2Oc3c(-c4cccc5c4oc4ccccc45)cccc3C2C(c2nc(-c3ccccc3)nc(-c3ccc4cc(-c5ccccc5)ccc4c3)n2)=C1. The molecule has 2 atom stereocenters. The topological polar surface area (TPSA) is 61.0 Å². The second kappa shape index (κ2) is 12.2. The van der Waals surface area contributed by atoms with Gasteiger partial charge in [0.1, 0.15) is 23.0 Å². The Morgan fingerprint density at radius 2 is 1.13 bits per heavy atom. The van der Waals surface area contributed by atoms with Crippen LogP contribution in [0.15, 0.2) is 180 Å². The molecule has 1 aliphatic heterocycles. The van der Waals surface area contributed by atoms with E-state index in [1.807, 2.05) is 48.5 Å². The Bertz CT molecular complexity index is 2980. The highest BCUT2D eigenvalue weighted by atomic mass is 16.5. The van der Waals surface area contributed by atoms with E-state index in [9.17, 15) is 0 Å². The van der Waals surface area contributed by atoms with Crippen LogP contribution in [-0.4, -0.2) is 21.1 Å². The number of para-hydroxylation sites is 3. The Kier molecular flexibility index (Phi) is 6.92. The summed E-state index contributed by atoms with van der Waals surface area (Å²) < 4.78 is 13.3. The number of allylic oxidation sites excluding steroid dienone is 2. The van der Waals surface area contributed by atoms with Crippen LogP contribution >= 0.6 is 0 Å². The van der Waals surface area contributed by atoms with Crippen LogP contribution in [0.4, 0.5) is 0 Å². The van der Waals surface area contributed by atoms with E-state index in [2.05, 4.69) is 127 Å². The molecule has 7 aromatic carbocycles. The monoisotopic (exact) mass is 693 g/mol. The van der Waals surface area contributed by atoms with Gasteiger partial charge in [-0.25, -0.2) is 15.0 Å². The zero-order valence-corrected chi connectivity index (χ0v) is 29.1. The number of hydrogen-bond donors (Lipinski definition) is 0. The zero-order chi connectivity index (χ0) is 35.6. The number of nitrogens with zero attached hydrogens (tertiary/aromatic N) is 3. The third kappa shape index (κ3) is 4.97. The van der Waals surface area contributed by atoms with Crippen LogP contribution in [-0.2, 0) is 0 Å². The van der Waals surface area contributed by atoms with Crippen molar-refractivity contribution in [1.82, 2.24) is 15.0 Å². The first-order valence-electron chi connectivity index (χ1n) is 18.3. The highest BCUT2D eigenvalue weighted by Crippen LogP contribution is 2.52. The van der Waals surface area contributed by atoms with Crippen molar-refractivity contribution >= 4 is 38.3 Å². The van der Waals surface area contributed by atoms with E-state index in [0.29, 0.717) is 17.5 Å². The molecule has 1 aliphatic carbocycles. The molecule has 11 rings (SSSR count). The van der Waals surface area contributed by atoms with E-state index < -0.39 is 0 Å². The Hall–Kier alpha value is -7.11. The molecule has 0 spiro atoms. The maximum Gasteiger partial charge on any atom is 0.164 e. The molecule has 9 aromatic rings. The standard InChI is InChI=1S/C49H31N3O2/c1-3-12-30(13-4-1)32-24-25-34-29-35(27-26-33(34)28-32)48-50-47(31-14-5-2-6-15-31)51-49(52-48)41-21-11-23-43-44(41)40-20-10-19-39(46(40)54-43)38-18-9-17-37-36-16-7-8-22-42(36)53-45(37)38/h1-29,43-44H. The minimum absolute atomic E-state index is 0.105. The number of ether oxygens (including phenoxy) is 1. The summed E-state index contributed by atoms with van der Waals surface area (Å²) in [5.41, 5.74) is 10.1. The number of benzene rings is 7. The predicted molar refractivity (Wildman–Crippen MR) is 217 cm³/mol. The maximum atomic E-state index is 6.85. The van der Waals surface area contributed by atoms with Crippen LogP contribution in [0, 0.1) is 0 Å². The van der Waals surface area contributed by atoms with Crippen LogP contribution in [0.1, 0.15) is 17.3 Å². The van der Waals surface area contributed by atoms with Gasteiger partial charge in [0.25, 0.3) is 0 Å². The van der Waals surface area contributed by atoms with E-state index in [4.69, 9.17) is 24.1 Å². The maximum absolute atomic E-state index is 6.85. The summed E-state index contributed by atoms with van der Waals surface area (Å²) in [5, 5.41) is 4.48. The van der Waals surface area contributed by atoms with Crippen LogP contribution in [0.5, 0.6) is 5.75 Å². The molecular weight excluding hydrogens is 663 g/mol. The predicted octanol–water partition coefficient (Wildman–Crippen LogP) is 12.1. The minimum Gasteiger partial charge on any atom is -0.484 e. The lowest BCUT2D eigenvalue weighted by atomic mass is 9.83. The number of fused-ring (bicyclic) bond motifs is 7. The largest absolute Gasteiger partial charge is 0.484 e. The first kappa shape index (κ1) is 30.5. The van der Waals surface area contributed by atoms with Crippen molar-refractivity contribution in [3.8, 4) is 50.8 Å². The van der Waals surface area contributed by atoms with Gasteiger partial charge >= 0.3 is 0 Å². The summed E-state index contributed by atoms with van der Waals surface area (Å²) >= 11 is 0. The molecule has 54 heavy (non-hydrogen) atoms. The van der Waals surface area contributed by atoms with Gasteiger partial charge < -0.3 is 9.15 Å². The van der Waals surface area contributed by atoms with Crippen molar-refractivity contribution in [3.05, 3.63) is 187 Å². The molecule has 0 amide bonds. The number of rotatable bonds is 5. The lowest BCUT2D eigenvalue weighted by Gasteiger charge is -2.22. The smallest absolute Gasteiger partial charge is 0.164 e. The fourth-order valence-electron chi connectivity index (χ4n) is 8.11. The normalized spacial score (nSPS) is 16.0. The third-order valence-corrected chi connectivity index (χ3v) is 10.7. The molecule has 0 bridgehead atoms. The molecule has 5 heteroatoms. The Labute approximate surface area is 311 Å². The molecule has 5 nitrogen and oxygen atoms in total. The second-order valence-corrected chi connectivity index (χ2v) is 13.9. The molecule has 254 valence electrons. The van der Waals surface area contributed by atoms with Crippen molar-refractivity contribution in [3.63, 3.8) is 0 Å². The lowest BCUT2D eigenvalue weighted by Crippen LogP contribution is -2.20. The highest BCUT2D eigenvalue weighted by Gasteiger charge is 2.40. The molecule has 0 saturated heterocycles. The van der Waals surface area contributed by atoms with Gasteiger partial charge in [0.15, 0.2) is 17.5 Å². The van der Waals surface area contributed by atoms with Gasteiger partial charge in [0, 0.05) is 44.2 Å². The van der Waals surface area contributed by atoms with Crippen molar-refractivity contribution in [2.24, 2.45) is 0 Å². The fraction of sp³-hybridized carbons (Fsp3) is 0.0408. The summed E-state index contributed by atoms with van der Waals surface area (Å²) in [7, 11) is 0. The Balaban J connectivity index is 1.03. The molecule has 3 heterocycles. The first-order valence-corrected chi connectivity index (χ1v) is 18.3. The van der Waals surface area contributed by atoms with Crippen molar-refractivity contribution in [1.29, 1.82) is 0 Å². The third-order valence-electron chi connectivity index (χ3n) is 10.7. The molecule has 0 radical (unpaired) electrons. The van der Waals surface area contributed by atoms with E-state index in [0.717, 1.165) is 71.9 Å². The van der Waals surface area contributed by atoms with Gasteiger partial charge in [0.05, 0.1) is 5.92 Å². The number of furan rings is 1. The molecule has 0 fully saturated rings. The average molecular weight is 694 g/mol. The van der Waals surface area contributed by atoms with Gasteiger partial charge in [-0.1, -0.05) is 152 Å². The fourth-order valence-corrected chi connectivity index (χ4v) is 8.11. The number of hydrogen-bond acceptors (Lipinski definition) is 5. The molecule has 2 unspecified atom stereocenters. The quantitative estimate of drug-likeness (QED) is 0.180. The minimum atomic E-state index is -0.212. The van der Waals surface area contributed by atoms with Gasteiger partial charge in [-0.2, -0.15) is 0 Å². The molecule has 0 saturated carbocycles. The highest BCUT2D eigenvalue weighted by molar-refractivity contribution is 6.10. The van der Waals surface area contributed by atoms with Crippen LogP contribution in [0.3, 0.4) is 0 Å². The van der Waals surface area contributed by atoms with Gasteiger partial charge in [0.2, 0.25) is 0 Å². The lowest BCUT2D eigenvalue weighted by molar-refractivity contribution is 0.272. The second-order valence-electron chi connectivity index (χ2n) is 13.9. The summed E-state index contributed by atoms with van der Waals surface area (Å²) in [6.45, 7) is 0. The van der Waals surface area contributed by atoms with E-state index in [1.54, 1.807) is 0 Å². The van der Waals surface area contributed by atoms with Crippen LogP contribution < -0.4 is 4.74 Å². The van der Waals surface area contributed by atoms with E-state index in [1.165, 1.54) is 11.1 Å². The first-order chi connectivity index (χ1) is 26.7. The van der Waals surface area contributed by atoms with Crippen molar-refractivity contribution < 1.29 is 9.15 Å². The van der Waals surface area contributed by atoms with Gasteiger partial charge in [-0.15, -0.1) is 0 Å². The van der Waals surface area contributed by atoms with E-state index >= 15 is 0 Å². The molecule has 0 N–H and O–H groups in total. The summed E-state index contributed by atoms with van der Waals surface area (Å²) in [6, 6.07) is 54.6.